The number of carbonyl (C=O) groups is 1. The smallest absolute Gasteiger partial charge is 0.227 e. The second kappa shape index (κ2) is 5.51. The van der Waals surface area contributed by atoms with E-state index in [9.17, 15) is 4.79 Å². The largest absolute Gasteiger partial charge is 0.492 e. The molecular formula is C15H21NO3. The first-order valence-electron chi connectivity index (χ1n) is 6.78. The zero-order chi connectivity index (χ0) is 14.0. The Morgan fingerprint density at radius 3 is 2.89 bits per heavy atom. The summed E-state index contributed by atoms with van der Waals surface area (Å²) in [6.45, 7) is 8.26. The van der Waals surface area contributed by atoms with Crippen molar-refractivity contribution in [2.45, 2.75) is 40.2 Å². The molecule has 1 N–H and O–H groups in total. The van der Waals surface area contributed by atoms with E-state index in [-0.39, 0.29) is 17.9 Å². The van der Waals surface area contributed by atoms with Crippen LogP contribution in [0, 0.1) is 5.92 Å². The first kappa shape index (κ1) is 13.7. The standard InChI is InChI=1S/C15H21NO3/c1-5-18-14-7-11-6-10(4)19-13(11)8-12(14)16-15(17)9(2)3/h7-10H,5-6H2,1-4H3,(H,16,17). The highest BCUT2D eigenvalue weighted by molar-refractivity contribution is 5.94. The van der Waals surface area contributed by atoms with E-state index < -0.39 is 0 Å². The van der Waals surface area contributed by atoms with Gasteiger partial charge in [-0.3, -0.25) is 4.79 Å². The van der Waals surface area contributed by atoms with Crippen molar-refractivity contribution < 1.29 is 14.3 Å². The molecule has 4 heteroatoms. The summed E-state index contributed by atoms with van der Waals surface area (Å²) in [6, 6.07) is 3.84. The summed E-state index contributed by atoms with van der Waals surface area (Å²) in [5.41, 5.74) is 1.83. The topological polar surface area (TPSA) is 47.6 Å². The van der Waals surface area contributed by atoms with Gasteiger partial charge in [0.25, 0.3) is 0 Å². The zero-order valence-electron chi connectivity index (χ0n) is 11.9. The van der Waals surface area contributed by atoms with Crippen molar-refractivity contribution in [2.24, 2.45) is 5.92 Å². The molecule has 1 atom stereocenters. The molecule has 0 saturated heterocycles. The number of carbonyl (C=O) groups excluding carboxylic acids is 1. The normalized spacial score (nSPS) is 17.0. The van der Waals surface area contributed by atoms with Crippen molar-refractivity contribution in [1.29, 1.82) is 0 Å². The van der Waals surface area contributed by atoms with E-state index in [4.69, 9.17) is 9.47 Å². The van der Waals surface area contributed by atoms with Gasteiger partial charge in [-0.25, -0.2) is 0 Å². The molecule has 1 aliphatic heterocycles. The third-order valence-corrected chi connectivity index (χ3v) is 3.08. The summed E-state index contributed by atoms with van der Waals surface area (Å²) in [5.74, 6) is 1.47. The number of anilines is 1. The number of hydrogen-bond donors (Lipinski definition) is 1. The molecule has 1 amide bonds. The average molecular weight is 263 g/mol. The molecule has 0 aliphatic carbocycles. The summed E-state index contributed by atoms with van der Waals surface area (Å²) in [7, 11) is 0. The van der Waals surface area contributed by atoms with E-state index in [1.807, 2.05) is 39.8 Å². The van der Waals surface area contributed by atoms with Crippen molar-refractivity contribution in [3.63, 3.8) is 0 Å². The maximum atomic E-state index is 11.8. The number of benzene rings is 1. The summed E-state index contributed by atoms with van der Waals surface area (Å²) in [6.07, 6.45) is 1.06. The van der Waals surface area contributed by atoms with E-state index >= 15 is 0 Å². The second-order valence-corrected chi connectivity index (χ2v) is 5.17. The Bertz CT molecular complexity index is 483. The molecule has 0 saturated carbocycles. The Labute approximate surface area is 114 Å². The molecule has 1 heterocycles. The van der Waals surface area contributed by atoms with Crippen LogP contribution in [0.3, 0.4) is 0 Å². The number of nitrogens with one attached hydrogen (secondary N) is 1. The second-order valence-electron chi connectivity index (χ2n) is 5.17. The Kier molecular flexibility index (Phi) is 3.98. The van der Waals surface area contributed by atoms with E-state index in [0.717, 1.165) is 17.7 Å². The number of amides is 1. The van der Waals surface area contributed by atoms with E-state index in [2.05, 4.69) is 5.32 Å². The van der Waals surface area contributed by atoms with Gasteiger partial charge in [-0.1, -0.05) is 13.8 Å². The third-order valence-electron chi connectivity index (χ3n) is 3.08. The van der Waals surface area contributed by atoms with Crippen molar-refractivity contribution in [3.05, 3.63) is 17.7 Å². The summed E-state index contributed by atoms with van der Waals surface area (Å²) in [5, 5.41) is 2.90. The van der Waals surface area contributed by atoms with Gasteiger partial charge in [-0.05, 0) is 19.9 Å². The van der Waals surface area contributed by atoms with Crippen LogP contribution in [0.2, 0.25) is 0 Å². The highest BCUT2D eigenvalue weighted by Gasteiger charge is 2.22. The fraction of sp³-hybridized carbons (Fsp3) is 0.533. The predicted molar refractivity (Wildman–Crippen MR) is 74.9 cm³/mol. The lowest BCUT2D eigenvalue weighted by Crippen LogP contribution is -2.18. The quantitative estimate of drug-likeness (QED) is 0.908. The number of ether oxygens (including phenoxy) is 2. The zero-order valence-corrected chi connectivity index (χ0v) is 11.9. The SMILES string of the molecule is CCOc1cc2c(cc1NC(=O)C(C)C)OC(C)C2. The fourth-order valence-electron chi connectivity index (χ4n) is 2.09. The molecule has 1 aliphatic rings. The van der Waals surface area contributed by atoms with Crippen LogP contribution in [0.4, 0.5) is 5.69 Å². The molecule has 1 aromatic rings. The van der Waals surface area contributed by atoms with Crippen molar-refractivity contribution in [1.82, 2.24) is 0 Å². The Balaban J connectivity index is 2.30. The van der Waals surface area contributed by atoms with Crippen molar-refractivity contribution in [3.8, 4) is 11.5 Å². The van der Waals surface area contributed by atoms with Crippen LogP contribution in [-0.2, 0) is 11.2 Å². The van der Waals surface area contributed by atoms with Gasteiger partial charge in [0.2, 0.25) is 5.91 Å². The van der Waals surface area contributed by atoms with Crippen LogP contribution in [0.1, 0.15) is 33.3 Å². The molecular weight excluding hydrogens is 242 g/mol. The first-order chi connectivity index (χ1) is 9.01. The predicted octanol–water partition coefficient (Wildman–Crippen LogP) is 3.00. The fourth-order valence-corrected chi connectivity index (χ4v) is 2.09. The monoisotopic (exact) mass is 263 g/mol. The van der Waals surface area contributed by atoms with Gasteiger partial charge in [0.05, 0.1) is 12.3 Å². The Hall–Kier alpha value is -1.71. The molecule has 104 valence electrons. The maximum absolute atomic E-state index is 11.8. The van der Waals surface area contributed by atoms with Gasteiger partial charge in [0.1, 0.15) is 17.6 Å². The van der Waals surface area contributed by atoms with Gasteiger partial charge in [-0.2, -0.15) is 0 Å². The van der Waals surface area contributed by atoms with Crippen molar-refractivity contribution in [2.75, 3.05) is 11.9 Å². The van der Waals surface area contributed by atoms with E-state index in [1.165, 1.54) is 0 Å². The van der Waals surface area contributed by atoms with Crippen LogP contribution in [0.15, 0.2) is 12.1 Å². The molecule has 1 unspecified atom stereocenters. The summed E-state index contributed by atoms with van der Waals surface area (Å²) >= 11 is 0. The van der Waals surface area contributed by atoms with Gasteiger partial charge in [0.15, 0.2) is 0 Å². The average Bonchev–Trinajstić information content (AvgIpc) is 2.68. The number of rotatable bonds is 4. The third kappa shape index (κ3) is 3.00. The van der Waals surface area contributed by atoms with Gasteiger partial charge < -0.3 is 14.8 Å². The molecule has 4 nitrogen and oxygen atoms in total. The molecule has 0 radical (unpaired) electrons. The molecule has 0 spiro atoms. The first-order valence-corrected chi connectivity index (χ1v) is 6.78. The minimum atomic E-state index is -0.0671. The van der Waals surface area contributed by atoms with Crippen molar-refractivity contribution >= 4 is 11.6 Å². The molecule has 0 fully saturated rings. The number of hydrogen-bond acceptors (Lipinski definition) is 3. The Morgan fingerprint density at radius 1 is 1.53 bits per heavy atom. The van der Waals surface area contributed by atoms with E-state index in [0.29, 0.717) is 18.0 Å². The molecule has 19 heavy (non-hydrogen) atoms. The van der Waals surface area contributed by atoms with Gasteiger partial charge >= 0.3 is 0 Å². The highest BCUT2D eigenvalue weighted by atomic mass is 16.5. The van der Waals surface area contributed by atoms with Crippen LogP contribution in [0.25, 0.3) is 0 Å². The maximum Gasteiger partial charge on any atom is 0.227 e. The Morgan fingerprint density at radius 2 is 2.26 bits per heavy atom. The molecule has 2 rings (SSSR count). The van der Waals surface area contributed by atoms with Crippen LogP contribution >= 0.6 is 0 Å². The summed E-state index contributed by atoms with van der Waals surface area (Å²) in [4.78, 5) is 11.8. The van der Waals surface area contributed by atoms with Crippen LogP contribution < -0.4 is 14.8 Å². The minimum absolute atomic E-state index is 0.0213. The molecule has 0 bridgehead atoms. The lowest BCUT2D eigenvalue weighted by Gasteiger charge is -2.14. The van der Waals surface area contributed by atoms with Gasteiger partial charge in [-0.15, -0.1) is 0 Å². The minimum Gasteiger partial charge on any atom is -0.492 e. The lowest BCUT2D eigenvalue weighted by atomic mass is 10.1. The van der Waals surface area contributed by atoms with Gasteiger partial charge in [0, 0.05) is 24.0 Å². The van der Waals surface area contributed by atoms with E-state index in [1.54, 1.807) is 0 Å². The van der Waals surface area contributed by atoms with Crippen LogP contribution in [-0.4, -0.2) is 18.6 Å². The number of fused-ring (bicyclic) bond motifs is 1. The highest BCUT2D eigenvalue weighted by Crippen LogP contribution is 2.38. The molecule has 1 aromatic carbocycles. The molecule has 0 aromatic heterocycles. The lowest BCUT2D eigenvalue weighted by molar-refractivity contribution is -0.118. The van der Waals surface area contributed by atoms with Crippen LogP contribution in [0.5, 0.6) is 11.5 Å². The summed E-state index contributed by atoms with van der Waals surface area (Å²) < 4.78 is 11.3.